The number of likely N-dealkylation sites (tertiary alicyclic amines) is 1. The Kier molecular flexibility index (Phi) is 4.09. The number of nitrogens with one attached hydrogen (secondary N) is 1. The van der Waals surface area contributed by atoms with Crippen LogP contribution in [0.15, 0.2) is 22.7 Å². The number of aliphatic carboxylic acids is 1. The summed E-state index contributed by atoms with van der Waals surface area (Å²) in [5.74, 6) is -0.946. The van der Waals surface area contributed by atoms with Crippen LogP contribution in [0.4, 0.5) is 10.5 Å². The number of anilines is 1. The minimum absolute atomic E-state index is 0.355. The molecule has 2 rings (SSSR count). The molecule has 1 aromatic carbocycles. The maximum Gasteiger partial charge on any atom is 0.326 e. The van der Waals surface area contributed by atoms with Gasteiger partial charge < -0.3 is 15.3 Å². The van der Waals surface area contributed by atoms with Gasteiger partial charge in [0.2, 0.25) is 0 Å². The first kappa shape index (κ1) is 13.9. The van der Waals surface area contributed by atoms with Crippen LogP contribution in [0.3, 0.4) is 0 Å². The molecule has 0 unspecified atom stereocenters. The number of carbonyl (C=O) groups excluding carboxylic acids is 1. The fraction of sp³-hybridized carbons (Fsp3) is 0.385. The van der Waals surface area contributed by atoms with Crippen LogP contribution in [0.1, 0.15) is 18.4 Å². The molecule has 6 heteroatoms. The SMILES string of the molecule is Cc1c(Br)cccc1NC(=O)N1CCC[C@@H]1C(=O)O. The van der Waals surface area contributed by atoms with Gasteiger partial charge in [-0.15, -0.1) is 0 Å². The number of carboxylic acids is 1. The highest BCUT2D eigenvalue weighted by Gasteiger charge is 2.34. The quantitative estimate of drug-likeness (QED) is 0.877. The highest BCUT2D eigenvalue weighted by atomic mass is 79.9. The van der Waals surface area contributed by atoms with Crippen molar-refractivity contribution in [3.63, 3.8) is 0 Å². The van der Waals surface area contributed by atoms with E-state index >= 15 is 0 Å². The van der Waals surface area contributed by atoms with Gasteiger partial charge in [-0.1, -0.05) is 22.0 Å². The molecule has 102 valence electrons. The molecule has 0 bridgehead atoms. The van der Waals surface area contributed by atoms with E-state index in [0.717, 1.165) is 16.5 Å². The zero-order valence-electron chi connectivity index (χ0n) is 10.5. The summed E-state index contributed by atoms with van der Waals surface area (Å²) in [6.07, 6.45) is 1.24. The Hall–Kier alpha value is -1.56. The molecular weight excluding hydrogens is 312 g/mol. The van der Waals surface area contributed by atoms with E-state index in [2.05, 4.69) is 21.2 Å². The molecule has 0 aromatic heterocycles. The van der Waals surface area contributed by atoms with E-state index in [-0.39, 0.29) is 6.03 Å². The lowest BCUT2D eigenvalue weighted by Gasteiger charge is -2.22. The molecule has 0 saturated carbocycles. The number of rotatable bonds is 2. The van der Waals surface area contributed by atoms with Gasteiger partial charge in [0.1, 0.15) is 6.04 Å². The van der Waals surface area contributed by atoms with Gasteiger partial charge in [-0.25, -0.2) is 9.59 Å². The Labute approximate surface area is 119 Å². The van der Waals surface area contributed by atoms with Crippen LogP contribution in [-0.2, 0) is 4.79 Å². The lowest BCUT2D eigenvalue weighted by molar-refractivity contribution is -0.141. The van der Waals surface area contributed by atoms with Gasteiger partial charge in [-0.05, 0) is 37.5 Å². The molecule has 0 spiro atoms. The van der Waals surface area contributed by atoms with Crippen molar-refractivity contribution in [3.05, 3.63) is 28.2 Å². The summed E-state index contributed by atoms with van der Waals surface area (Å²) in [6.45, 7) is 2.37. The zero-order valence-corrected chi connectivity index (χ0v) is 12.1. The lowest BCUT2D eigenvalue weighted by atomic mass is 10.2. The first-order valence-corrected chi connectivity index (χ1v) is 6.85. The summed E-state index contributed by atoms with van der Waals surface area (Å²) >= 11 is 3.40. The Balaban J connectivity index is 2.13. The number of nitrogens with zero attached hydrogens (tertiary/aromatic N) is 1. The maximum absolute atomic E-state index is 12.1. The summed E-state index contributed by atoms with van der Waals surface area (Å²) in [7, 11) is 0. The van der Waals surface area contributed by atoms with Gasteiger partial charge in [0.25, 0.3) is 0 Å². The molecule has 1 aliphatic heterocycles. The molecule has 1 fully saturated rings. The first-order valence-electron chi connectivity index (χ1n) is 6.06. The highest BCUT2D eigenvalue weighted by Crippen LogP contribution is 2.25. The van der Waals surface area contributed by atoms with E-state index in [9.17, 15) is 9.59 Å². The van der Waals surface area contributed by atoms with Crippen molar-refractivity contribution < 1.29 is 14.7 Å². The van der Waals surface area contributed by atoms with E-state index in [0.29, 0.717) is 18.7 Å². The van der Waals surface area contributed by atoms with Crippen molar-refractivity contribution in [1.82, 2.24) is 4.90 Å². The zero-order chi connectivity index (χ0) is 14.0. The van der Waals surface area contributed by atoms with Crippen LogP contribution < -0.4 is 5.32 Å². The Morgan fingerprint density at radius 1 is 1.47 bits per heavy atom. The largest absolute Gasteiger partial charge is 0.480 e. The van der Waals surface area contributed by atoms with Crippen molar-refractivity contribution in [2.45, 2.75) is 25.8 Å². The third kappa shape index (κ3) is 2.89. The number of carboxylic acid groups (broad SMARTS) is 1. The Morgan fingerprint density at radius 3 is 2.89 bits per heavy atom. The van der Waals surface area contributed by atoms with Gasteiger partial charge >= 0.3 is 12.0 Å². The summed E-state index contributed by atoms with van der Waals surface area (Å²) in [5.41, 5.74) is 1.61. The monoisotopic (exact) mass is 326 g/mol. The topological polar surface area (TPSA) is 69.6 Å². The molecule has 1 heterocycles. The number of amides is 2. The molecule has 1 atom stereocenters. The number of hydrogen-bond donors (Lipinski definition) is 2. The van der Waals surface area contributed by atoms with Crippen molar-refractivity contribution in [2.75, 3.05) is 11.9 Å². The van der Waals surface area contributed by atoms with Crippen LogP contribution in [0.25, 0.3) is 0 Å². The van der Waals surface area contributed by atoms with E-state index < -0.39 is 12.0 Å². The number of halogens is 1. The van der Waals surface area contributed by atoms with E-state index in [1.807, 2.05) is 19.1 Å². The second-order valence-corrected chi connectivity index (χ2v) is 5.39. The molecule has 5 nitrogen and oxygen atoms in total. The van der Waals surface area contributed by atoms with Crippen molar-refractivity contribution in [3.8, 4) is 0 Å². The second-order valence-electron chi connectivity index (χ2n) is 4.53. The van der Waals surface area contributed by atoms with Gasteiger partial charge in [0.05, 0.1) is 0 Å². The molecule has 0 aliphatic carbocycles. The van der Waals surface area contributed by atoms with Crippen LogP contribution in [0.5, 0.6) is 0 Å². The third-order valence-electron chi connectivity index (χ3n) is 3.31. The number of carbonyl (C=O) groups is 2. The average molecular weight is 327 g/mol. The molecule has 1 aromatic rings. The predicted molar refractivity (Wildman–Crippen MR) is 75.3 cm³/mol. The molecule has 2 amide bonds. The highest BCUT2D eigenvalue weighted by molar-refractivity contribution is 9.10. The summed E-state index contributed by atoms with van der Waals surface area (Å²) in [5, 5.41) is 11.8. The second kappa shape index (κ2) is 5.61. The summed E-state index contributed by atoms with van der Waals surface area (Å²) in [4.78, 5) is 24.6. The minimum Gasteiger partial charge on any atom is -0.480 e. The molecular formula is C13H15BrN2O3. The number of benzene rings is 1. The van der Waals surface area contributed by atoms with Crippen LogP contribution in [0, 0.1) is 6.92 Å². The molecule has 1 aliphatic rings. The van der Waals surface area contributed by atoms with Crippen molar-refractivity contribution >= 4 is 33.6 Å². The molecule has 0 radical (unpaired) electrons. The molecule has 19 heavy (non-hydrogen) atoms. The van der Waals surface area contributed by atoms with Crippen LogP contribution in [-0.4, -0.2) is 34.6 Å². The van der Waals surface area contributed by atoms with Crippen molar-refractivity contribution in [1.29, 1.82) is 0 Å². The van der Waals surface area contributed by atoms with E-state index in [1.165, 1.54) is 4.90 Å². The first-order chi connectivity index (χ1) is 9.00. The predicted octanol–water partition coefficient (Wildman–Crippen LogP) is 2.84. The van der Waals surface area contributed by atoms with E-state index in [4.69, 9.17) is 5.11 Å². The fourth-order valence-electron chi connectivity index (χ4n) is 2.20. The number of urea groups is 1. The Morgan fingerprint density at radius 2 is 2.21 bits per heavy atom. The van der Waals surface area contributed by atoms with E-state index in [1.54, 1.807) is 6.07 Å². The van der Waals surface area contributed by atoms with Gasteiger partial charge in [0.15, 0.2) is 0 Å². The summed E-state index contributed by atoms with van der Waals surface area (Å²) in [6, 6.07) is 4.44. The summed E-state index contributed by atoms with van der Waals surface area (Å²) < 4.78 is 0.904. The standard InChI is InChI=1S/C13H15BrN2O3/c1-8-9(14)4-2-5-10(8)15-13(19)16-7-3-6-11(16)12(17)18/h2,4-5,11H,3,6-7H2,1H3,(H,15,19)(H,17,18)/t11-/m1/s1. The average Bonchev–Trinajstić information content (AvgIpc) is 2.84. The van der Waals surface area contributed by atoms with Gasteiger partial charge in [0, 0.05) is 16.7 Å². The lowest BCUT2D eigenvalue weighted by Crippen LogP contribution is -2.42. The normalized spacial score (nSPS) is 18.4. The van der Waals surface area contributed by atoms with Crippen LogP contribution >= 0.6 is 15.9 Å². The maximum atomic E-state index is 12.1. The van der Waals surface area contributed by atoms with Crippen molar-refractivity contribution in [2.24, 2.45) is 0 Å². The molecule has 2 N–H and O–H groups in total. The Bertz CT molecular complexity index is 519. The molecule has 1 saturated heterocycles. The minimum atomic E-state index is -0.946. The number of hydrogen-bond acceptors (Lipinski definition) is 2. The fourth-order valence-corrected chi connectivity index (χ4v) is 2.56. The smallest absolute Gasteiger partial charge is 0.326 e. The van der Waals surface area contributed by atoms with Crippen LogP contribution in [0.2, 0.25) is 0 Å². The van der Waals surface area contributed by atoms with Gasteiger partial charge in [-0.2, -0.15) is 0 Å². The third-order valence-corrected chi connectivity index (χ3v) is 4.17. The van der Waals surface area contributed by atoms with Gasteiger partial charge in [-0.3, -0.25) is 0 Å².